The molecule has 2 aromatic rings. The highest BCUT2D eigenvalue weighted by Gasteiger charge is 2.54. The van der Waals surface area contributed by atoms with Gasteiger partial charge in [0, 0.05) is 5.41 Å². The number of aryl methyl sites for hydroxylation is 2. The van der Waals surface area contributed by atoms with E-state index < -0.39 is 0 Å². The van der Waals surface area contributed by atoms with Gasteiger partial charge in [0.2, 0.25) is 0 Å². The smallest absolute Gasteiger partial charge is 0.277 e. The highest BCUT2D eigenvalue weighted by molar-refractivity contribution is 7.99. The quantitative estimate of drug-likeness (QED) is 0.691. The molecule has 0 spiro atoms. The summed E-state index contributed by atoms with van der Waals surface area (Å²) in [7, 11) is 0. The van der Waals surface area contributed by atoms with E-state index in [4.69, 9.17) is 4.42 Å². The Balaban J connectivity index is 1.27. The summed E-state index contributed by atoms with van der Waals surface area (Å²) in [5, 5.41) is 9.76. The summed E-state index contributed by atoms with van der Waals surface area (Å²) in [5.41, 5.74) is 0.869. The minimum absolute atomic E-state index is 0.0457. The van der Waals surface area contributed by atoms with Gasteiger partial charge >= 0.3 is 0 Å². The number of aromatic nitrogens is 3. The molecule has 138 valence electrons. The van der Waals surface area contributed by atoms with Crippen molar-refractivity contribution < 1.29 is 9.21 Å². The van der Waals surface area contributed by atoms with E-state index in [1.807, 2.05) is 13.8 Å². The van der Waals surface area contributed by atoms with Crippen LogP contribution in [-0.2, 0) is 4.79 Å². The topological polar surface area (TPSA) is 68.9 Å². The summed E-state index contributed by atoms with van der Waals surface area (Å²) in [6.07, 6.45) is 7.44. The van der Waals surface area contributed by atoms with Crippen LogP contribution in [0.1, 0.15) is 49.2 Å². The molecule has 4 bridgehead atoms. The molecule has 2 heterocycles. The van der Waals surface area contributed by atoms with Crippen molar-refractivity contribution in [2.75, 3.05) is 5.75 Å². The standard InChI is InChI=1S/C19H23N3O2S2/c1-10-16(26-11(2)20-10)17-21-22-18(24-17)25-9-15(23)19-6-12-3-13(7-19)5-14(4-12)8-19/h12-14H,3-9H2,1-2H3. The Morgan fingerprint density at radius 2 is 1.81 bits per heavy atom. The van der Waals surface area contributed by atoms with Gasteiger partial charge in [0.25, 0.3) is 11.1 Å². The van der Waals surface area contributed by atoms with Crippen LogP contribution in [0.15, 0.2) is 9.64 Å². The molecular formula is C19H23N3O2S2. The summed E-state index contributed by atoms with van der Waals surface area (Å²) in [6.45, 7) is 3.92. The highest BCUT2D eigenvalue weighted by atomic mass is 32.2. The van der Waals surface area contributed by atoms with Crippen molar-refractivity contribution >= 4 is 28.9 Å². The number of carbonyl (C=O) groups is 1. The first-order valence-corrected chi connectivity index (χ1v) is 11.2. The summed E-state index contributed by atoms with van der Waals surface area (Å²) >= 11 is 2.96. The van der Waals surface area contributed by atoms with Crippen molar-refractivity contribution in [1.82, 2.24) is 15.2 Å². The van der Waals surface area contributed by atoms with Gasteiger partial charge in [-0.1, -0.05) is 11.8 Å². The highest BCUT2D eigenvalue weighted by Crippen LogP contribution is 2.60. The number of Topliss-reactive ketones (excluding diaryl/α,β-unsaturated/α-hetero) is 1. The van der Waals surface area contributed by atoms with Crippen LogP contribution in [0.4, 0.5) is 0 Å². The summed E-state index contributed by atoms with van der Waals surface area (Å²) in [6, 6.07) is 0. The molecule has 0 amide bonds. The van der Waals surface area contributed by atoms with Crippen molar-refractivity contribution in [3.63, 3.8) is 0 Å². The molecule has 0 atom stereocenters. The van der Waals surface area contributed by atoms with Gasteiger partial charge in [0.15, 0.2) is 0 Å². The third-order valence-corrected chi connectivity index (χ3v) is 8.34. The Kier molecular flexibility index (Phi) is 4.01. The maximum atomic E-state index is 13.1. The summed E-state index contributed by atoms with van der Waals surface area (Å²) in [4.78, 5) is 18.4. The largest absolute Gasteiger partial charge is 0.410 e. The van der Waals surface area contributed by atoms with Crippen molar-refractivity contribution in [3.05, 3.63) is 10.7 Å². The molecule has 0 aliphatic heterocycles. The first-order valence-electron chi connectivity index (χ1n) is 9.45. The molecule has 0 saturated heterocycles. The van der Waals surface area contributed by atoms with Crippen molar-refractivity contribution in [1.29, 1.82) is 0 Å². The first kappa shape index (κ1) is 16.9. The monoisotopic (exact) mass is 389 g/mol. The van der Waals surface area contributed by atoms with Gasteiger partial charge in [-0.3, -0.25) is 4.79 Å². The van der Waals surface area contributed by atoms with E-state index in [-0.39, 0.29) is 5.41 Å². The molecule has 5 nitrogen and oxygen atoms in total. The van der Waals surface area contributed by atoms with Crippen molar-refractivity contribution in [3.8, 4) is 10.8 Å². The minimum atomic E-state index is -0.0457. The molecule has 6 rings (SSSR count). The van der Waals surface area contributed by atoms with E-state index in [1.165, 1.54) is 31.0 Å². The number of hydrogen-bond acceptors (Lipinski definition) is 7. The van der Waals surface area contributed by atoms with Gasteiger partial charge < -0.3 is 4.42 Å². The average Bonchev–Trinajstić information content (AvgIpc) is 3.17. The van der Waals surface area contributed by atoms with E-state index in [0.29, 0.717) is 22.6 Å². The third kappa shape index (κ3) is 2.83. The van der Waals surface area contributed by atoms with E-state index in [0.717, 1.165) is 52.6 Å². The van der Waals surface area contributed by atoms with Gasteiger partial charge in [0.1, 0.15) is 10.7 Å². The fourth-order valence-corrected chi connectivity index (χ4v) is 7.46. The number of carbonyl (C=O) groups excluding carboxylic acids is 1. The second-order valence-corrected chi connectivity index (χ2v) is 10.6. The molecule has 0 radical (unpaired) electrons. The zero-order chi connectivity index (χ0) is 17.9. The van der Waals surface area contributed by atoms with Gasteiger partial charge in [0.05, 0.1) is 16.5 Å². The fraction of sp³-hybridized carbons (Fsp3) is 0.684. The third-order valence-electron chi connectivity index (χ3n) is 6.46. The molecular weight excluding hydrogens is 366 g/mol. The summed E-state index contributed by atoms with van der Waals surface area (Å²) in [5.74, 6) is 3.76. The number of rotatable bonds is 5. The van der Waals surface area contributed by atoms with Crippen LogP contribution in [-0.4, -0.2) is 26.7 Å². The molecule has 4 aliphatic rings. The van der Waals surface area contributed by atoms with Gasteiger partial charge in [-0.15, -0.1) is 21.5 Å². The maximum Gasteiger partial charge on any atom is 0.277 e. The maximum absolute atomic E-state index is 13.1. The summed E-state index contributed by atoms with van der Waals surface area (Å²) < 4.78 is 5.79. The Bertz CT molecular complexity index is 822. The van der Waals surface area contributed by atoms with Gasteiger partial charge in [-0.05, 0) is 70.1 Å². The van der Waals surface area contributed by atoms with E-state index in [9.17, 15) is 4.79 Å². The number of thioether (sulfide) groups is 1. The molecule has 0 unspecified atom stereocenters. The molecule has 7 heteroatoms. The molecule has 0 aromatic carbocycles. The molecule has 4 aliphatic carbocycles. The number of hydrogen-bond donors (Lipinski definition) is 0. The van der Waals surface area contributed by atoms with Crippen LogP contribution in [0, 0.1) is 37.0 Å². The first-order chi connectivity index (χ1) is 12.5. The Hall–Kier alpha value is -1.21. The Labute approximate surface area is 161 Å². The Morgan fingerprint density at radius 3 is 2.38 bits per heavy atom. The lowest BCUT2D eigenvalue weighted by molar-refractivity contribution is -0.141. The zero-order valence-corrected chi connectivity index (χ0v) is 16.8. The lowest BCUT2D eigenvalue weighted by Crippen LogP contribution is -2.50. The molecule has 0 N–H and O–H groups in total. The minimum Gasteiger partial charge on any atom is -0.410 e. The van der Waals surface area contributed by atoms with Gasteiger partial charge in [-0.2, -0.15) is 0 Å². The van der Waals surface area contributed by atoms with Crippen LogP contribution >= 0.6 is 23.1 Å². The second kappa shape index (κ2) is 6.16. The molecule has 2 aromatic heterocycles. The fourth-order valence-electron chi connectivity index (χ4n) is 5.82. The average molecular weight is 390 g/mol. The number of ketones is 1. The van der Waals surface area contributed by atoms with E-state index in [2.05, 4.69) is 15.2 Å². The van der Waals surface area contributed by atoms with Crippen LogP contribution in [0.25, 0.3) is 10.8 Å². The van der Waals surface area contributed by atoms with Gasteiger partial charge in [-0.25, -0.2) is 4.98 Å². The predicted molar refractivity (Wildman–Crippen MR) is 101 cm³/mol. The van der Waals surface area contributed by atoms with Crippen LogP contribution in [0.2, 0.25) is 0 Å². The number of nitrogens with zero attached hydrogens (tertiary/aromatic N) is 3. The lowest BCUT2D eigenvalue weighted by atomic mass is 9.48. The van der Waals surface area contributed by atoms with E-state index >= 15 is 0 Å². The van der Waals surface area contributed by atoms with Crippen LogP contribution < -0.4 is 0 Å². The predicted octanol–water partition coefficient (Wildman–Crippen LogP) is 4.69. The van der Waals surface area contributed by atoms with Crippen molar-refractivity contribution in [2.24, 2.45) is 23.2 Å². The van der Waals surface area contributed by atoms with E-state index in [1.54, 1.807) is 11.3 Å². The molecule has 4 saturated carbocycles. The molecule has 4 fully saturated rings. The zero-order valence-electron chi connectivity index (χ0n) is 15.2. The SMILES string of the molecule is Cc1nc(C)c(-c2nnc(SCC(=O)C34CC5CC(CC(C5)C3)C4)o2)s1. The van der Waals surface area contributed by atoms with Crippen molar-refractivity contribution in [2.45, 2.75) is 57.6 Å². The normalized spacial score (nSPS) is 32.3. The number of thiazole rings is 1. The Morgan fingerprint density at radius 1 is 1.15 bits per heavy atom. The lowest BCUT2D eigenvalue weighted by Gasteiger charge is -2.55. The molecule has 26 heavy (non-hydrogen) atoms. The van der Waals surface area contributed by atoms with Crippen LogP contribution in [0.3, 0.4) is 0 Å². The second-order valence-electron chi connectivity index (χ2n) is 8.43. The van der Waals surface area contributed by atoms with Crippen LogP contribution in [0.5, 0.6) is 0 Å².